The van der Waals surface area contributed by atoms with Gasteiger partial charge in [0.1, 0.15) is 11.4 Å². The Balaban J connectivity index is 1.62. The highest BCUT2D eigenvalue weighted by atomic mass is 35.5. The molecular formula is C24H19ClN2O2. The Morgan fingerprint density at radius 3 is 2.52 bits per heavy atom. The molecule has 0 aliphatic carbocycles. The summed E-state index contributed by atoms with van der Waals surface area (Å²) in [7, 11) is 0. The SMILES string of the molecule is O=C(C1=CN2c3ccccc3NC2(c2ccc(Cl)cc2)CC1)c1ccccc1O. The van der Waals surface area contributed by atoms with Gasteiger partial charge in [0, 0.05) is 16.8 Å². The zero-order valence-corrected chi connectivity index (χ0v) is 16.4. The number of nitrogens with zero attached hydrogens (tertiary/aromatic N) is 1. The fraction of sp³-hybridized carbons (Fsp3) is 0.125. The number of rotatable bonds is 3. The van der Waals surface area contributed by atoms with Gasteiger partial charge in [-0.2, -0.15) is 0 Å². The number of halogens is 1. The third-order valence-electron chi connectivity index (χ3n) is 5.72. The third kappa shape index (κ3) is 2.79. The maximum atomic E-state index is 13.1. The molecule has 2 aliphatic rings. The molecule has 29 heavy (non-hydrogen) atoms. The van der Waals surface area contributed by atoms with E-state index in [1.165, 1.54) is 0 Å². The van der Waals surface area contributed by atoms with Crippen LogP contribution < -0.4 is 10.2 Å². The van der Waals surface area contributed by atoms with Crippen molar-refractivity contribution in [3.63, 3.8) is 0 Å². The first kappa shape index (κ1) is 17.8. The van der Waals surface area contributed by atoms with Crippen molar-refractivity contribution >= 4 is 28.8 Å². The Morgan fingerprint density at radius 1 is 1.00 bits per heavy atom. The van der Waals surface area contributed by atoms with Gasteiger partial charge < -0.3 is 15.3 Å². The van der Waals surface area contributed by atoms with Gasteiger partial charge >= 0.3 is 0 Å². The molecule has 0 radical (unpaired) electrons. The standard InChI is InChI=1S/C24H19ClN2O2/c25-18-11-9-17(10-12-18)24-14-13-16(23(29)19-5-1-4-8-22(19)28)15-27(24)21-7-3-2-6-20(21)26-24/h1-12,15,26,28H,13-14H2. The lowest BCUT2D eigenvalue weighted by molar-refractivity contribution is 0.102. The number of carbonyl (C=O) groups excluding carboxylic acids is 1. The first-order valence-corrected chi connectivity index (χ1v) is 9.92. The van der Waals surface area contributed by atoms with Crippen molar-refractivity contribution in [3.8, 4) is 5.75 Å². The van der Waals surface area contributed by atoms with Gasteiger partial charge in [-0.05, 0) is 54.8 Å². The molecule has 0 bridgehead atoms. The Bertz CT molecular complexity index is 1140. The van der Waals surface area contributed by atoms with E-state index in [0.717, 1.165) is 16.9 Å². The minimum Gasteiger partial charge on any atom is -0.507 e. The van der Waals surface area contributed by atoms with Crippen molar-refractivity contribution in [2.24, 2.45) is 0 Å². The summed E-state index contributed by atoms with van der Waals surface area (Å²) in [6.45, 7) is 0. The maximum absolute atomic E-state index is 13.1. The van der Waals surface area contributed by atoms with Crippen molar-refractivity contribution < 1.29 is 9.90 Å². The van der Waals surface area contributed by atoms with Crippen LogP contribution in [0.4, 0.5) is 11.4 Å². The molecule has 0 spiro atoms. The van der Waals surface area contributed by atoms with Crippen LogP contribution in [-0.2, 0) is 5.66 Å². The van der Waals surface area contributed by atoms with Crippen molar-refractivity contribution in [1.29, 1.82) is 0 Å². The summed E-state index contributed by atoms with van der Waals surface area (Å²) >= 11 is 6.11. The van der Waals surface area contributed by atoms with Gasteiger partial charge in [0.05, 0.1) is 16.9 Å². The first-order chi connectivity index (χ1) is 14.1. The second-order valence-electron chi connectivity index (χ2n) is 7.38. The van der Waals surface area contributed by atoms with E-state index in [1.807, 2.05) is 54.7 Å². The average molecular weight is 403 g/mol. The van der Waals surface area contributed by atoms with E-state index in [4.69, 9.17) is 11.6 Å². The van der Waals surface area contributed by atoms with Crippen molar-refractivity contribution in [2.45, 2.75) is 18.5 Å². The Kier molecular flexibility index (Phi) is 4.10. The molecule has 0 fully saturated rings. The van der Waals surface area contributed by atoms with Gasteiger partial charge in [-0.3, -0.25) is 4.79 Å². The molecule has 2 aliphatic heterocycles. The zero-order chi connectivity index (χ0) is 20.0. The van der Waals surface area contributed by atoms with Crippen LogP contribution in [0.15, 0.2) is 84.6 Å². The van der Waals surface area contributed by atoms with E-state index in [9.17, 15) is 9.90 Å². The topological polar surface area (TPSA) is 52.6 Å². The van der Waals surface area contributed by atoms with E-state index >= 15 is 0 Å². The number of aromatic hydroxyl groups is 1. The normalized spacial score (nSPS) is 19.8. The first-order valence-electron chi connectivity index (χ1n) is 9.54. The number of ketones is 1. The summed E-state index contributed by atoms with van der Waals surface area (Å²) in [4.78, 5) is 15.3. The van der Waals surface area contributed by atoms with Gasteiger partial charge in [0.2, 0.25) is 0 Å². The lowest BCUT2D eigenvalue weighted by Gasteiger charge is -2.42. The number of phenolic OH excluding ortho intramolecular Hbond substituents is 1. The number of anilines is 2. The number of phenols is 1. The van der Waals surface area contributed by atoms with Gasteiger partial charge in [-0.1, -0.05) is 48.0 Å². The predicted octanol–water partition coefficient (Wildman–Crippen LogP) is 5.69. The molecule has 3 aromatic rings. The number of hydrogen-bond donors (Lipinski definition) is 2. The van der Waals surface area contributed by atoms with Crippen LogP contribution in [-0.4, -0.2) is 10.9 Å². The number of para-hydroxylation sites is 3. The maximum Gasteiger partial charge on any atom is 0.194 e. The average Bonchev–Trinajstić information content (AvgIpc) is 3.09. The highest BCUT2D eigenvalue weighted by Gasteiger charge is 2.46. The molecule has 144 valence electrons. The number of nitrogens with one attached hydrogen (secondary N) is 1. The van der Waals surface area contributed by atoms with Crippen LogP contribution in [0, 0.1) is 0 Å². The third-order valence-corrected chi connectivity index (χ3v) is 5.97. The van der Waals surface area contributed by atoms with Crippen LogP contribution in [0.3, 0.4) is 0 Å². The number of benzene rings is 3. The lowest BCUT2D eigenvalue weighted by atomic mass is 9.86. The number of carbonyl (C=O) groups is 1. The molecule has 1 unspecified atom stereocenters. The van der Waals surface area contributed by atoms with E-state index in [1.54, 1.807) is 24.3 Å². The van der Waals surface area contributed by atoms with Gasteiger partial charge in [-0.15, -0.1) is 0 Å². The van der Waals surface area contributed by atoms with Crippen LogP contribution in [0.5, 0.6) is 5.75 Å². The minimum atomic E-state index is -0.475. The Hall–Kier alpha value is -3.24. The number of Topliss-reactive ketones (excluding diaryl/α,β-unsaturated/α-hetero) is 1. The molecule has 0 aromatic heterocycles. The zero-order valence-electron chi connectivity index (χ0n) is 15.6. The van der Waals surface area contributed by atoms with Crippen LogP contribution in [0.25, 0.3) is 0 Å². The Labute approximate surface area is 174 Å². The molecular weight excluding hydrogens is 384 g/mol. The van der Waals surface area contributed by atoms with Crippen molar-refractivity contribution in [2.75, 3.05) is 10.2 Å². The lowest BCUT2D eigenvalue weighted by Crippen LogP contribution is -2.48. The minimum absolute atomic E-state index is 0.00730. The molecule has 0 saturated heterocycles. The number of fused-ring (bicyclic) bond motifs is 3. The van der Waals surface area contributed by atoms with E-state index in [-0.39, 0.29) is 11.5 Å². The smallest absolute Gasteiger partial charge is 0.194 e. The molecule has 2 heterocycles. The largest absolute Gasteiger partial charge is 0.507 e. The second kappa shape index (κ2) is 6.68. The second-order valence-corrected chi connectivity index (χ2v) is 7.82. The van der Waals surface area contributed by atoms with Gasteiger partial charge in [-0.25, -0.2) is 0 Å². The summed E-state index contributed by atoms with van der Waals surface area (Å²) in [6, 6.07) is 22.6. The van der Waals surface area contributed by atoms with Gasteiger partial charge in [0.15, 0.2) is 5.78 Å². The van der Waals surface area contributed by atoms with E-state index < -0.39 is 5.66 Å². The molecule has 3 aromatic carbocycles. The fourth-order valence-electron chi connectivity index (χ4n) is 4.27. The monoisotopic (exact) mass is 402 g/mol. The highest BCUT2D eigenvalue weighted by Crippen LogP contribution is 2.50. The molecule has 4 nitrogen and oxygen atoms in total. The van der Waals surface area contributed by atoms with Crippen LogP contribution in [0.2, 0.25) is 5.02 Å². The van der Waals surface area contributed by atoms with Crippen LogP contribution in [0.1, 0.15) is 28.8 Å². The molecule has 0 amide bonds. The number of allylic oxidation sites excluding steroid dienone is 1. The molecule has 1 atom stereocenters. The van der Waals surface area contributed by atoms with E-state index in [0.29, 0.717) is 29.0 Å². The summed E-state index contributed by atoms with van der Waals surface area (Å²) < 4.78 is 0. The summed E-state index contributed by atoms with van der Waals surface area (Å²) in [6.07, 6.45) is 3.22. The molecule has 5 rings (SSSR count). The predicted molar refractivity (Wildman–Crippen MR) is 115 cm³/mol. The molecule has 2 N–H and O–H groups in total. The van der Waals surface area contributed by atoms with E-state index in [2.05, 4.69) is 10.2 Å². The molecule has 0 saturated carbocycles. The van der Waals surface area contributed by atoms with Gasteiger partial charge in [0.25, 0.3) is 0 Å². The molecule has 5 heteroatoms. The Morgan fingerprint density at radius 2 is 1.72 bits per heavy atom. The summed E-state index contributed by atoms with van der Waals surface area (Å²) in [5, 5.41) is 14.5. The highest BCUT2D eigenvalue weighted by molar-refractivity contribution is 6.30. The fourth-order valence-corrected chi connectivity index (χ4v) is 4.39. The van der Waals surface area contributed by atoms with Crippen LogP contribution >= 0.6 is 11.6 Å². The number of hydrogen-bond acceptors (Lipinski definition) is 4. The quantitative estimate of drug-likeness (QED) is 0.552. The van der Waals surface area contributed by atoms with Crippen molar-refractivity contribution in [1.82, 2.24) is 0 Å². The summed E-state index contributed by atoms with van der Waals surface area (Å²) in [5.41, 5.74) is 3.66. The summed E-state index contributed by atoms with van der Waals surface area (Å²) in [5.74, 6) is -0.134. The van der Waals surface area contributed by atoms with Crippen molar-refractivity contribution in [3.05, 3.63) is 101 Å².